The quantitative estimate of drug-likeness (QED) is 0.870. The van der Waals surface area contributed by atoms with E-state index in [4.69, 9.17) is 9.47 Å². The Labute approximate surface area is 109 Å². The zero-order chi connectivity index (χ0) is 12.8. The van der Waals surface area contributed by atoms with E-state index in [2.05, 4.69) is 24.4 Å². The summed E-state index contributed by atoms with van der Waals surface area (Å²) in [5, 5.41) is 3.59. The summed E-state index contributed by atoms with van der Waals surface area (Å²) in [6.07, 6.45) is 3.59. The van der Waals surface area contributed by atoms with Gasteiger partial charge in [0, 0.05) is 12.6 Å². The lowest BCUT2D eigenvalue weighted by Crippen LogP contribution is -2.36. The number of methoxy groups -OCH3 is 1. The van der Waals surface area contributed by atoms with Crippen LogP contribution < -0.4 is 10.1 Å². The van der Waals surface area contributed by atoms with Crippen LogP contribution in [-0.2, 0) is 4.74 Å². The van der Waals surface area contributed by atoms with Gasteiger partial charge in [-0.3, -0.25) is 0 Å². The zero-order valence-electron chi connectivity index (χ0n) is 11.3. The molecular formula is C15H23NO2. The number of nitrogens with one attached hydrogen (secondary N) is 1. The van der Waals surface area contributed by atoms with Gasteiger partial charge in [-0.25, -0.2) is 0 Å². The van der Waals surface area contributed by atoms with E-state index in [-0.39, 0.29) is 6.10 Å². The van der Waals surface area contributed by atoms with Crippen LogP contribution in [0.5, 0.6) is 5.75 Å². The highest BCUT2D eigenvalue weighted by molar-refractivity contribution is 5.28. The van der Waals surface area contributed by atoms with Gasteiger partial charge < -0.3 is 14.8 Å². The summed E-state index contributed by atoms with van der Waals surface area (Å²) in [4.78, 5) is 0. The molecule has 0 saturated carbocycles. The molecule has 0 aromatic heterocycles. The first kappa shape index (κ1) is 13.4. The van der Waals surface area contributed by atoms with Crippen LogP contribution in [0.15, 0.2) is 24.3 Å². The maximum Gasteiger partial charge on any atom is 0.118 e. The van der Waals surface area contributed by atoms with E-state index in [9.17, 15) is 0 Å². The fourth-order valence-electron chi connectivity index (χ4n) is 2.38. The molecule has 100 valence electrons. The lowest BCUT2D eigenvalue weighted by molar-refractivity contribution is 0.000338. The molecule has 0 bridgehead atoms. The van der Waals surface area contributed by atoms with Crippen LogP contribution in [0, 0.1) is 0 Å². The highest BCUT2D eigenvalue weighted by Gasteiger charge is 2.23. The lowest BCUT2D eigenvalue weighted by Gasteiger charge is -2.30. The van der Waals surface area contributed by atoms with Crippen molar-refractivity contribution in [1.29, 1.82) is 0 Å². The summed E-state index contributed by atoms with van der Waals surface area (Å²) >= 11 is 0. The minimum atomic E-state index is 0.221. The first-order valence-electron chi connectivity index (χ1n) is 6.82. The molecule has 1 aromatic carbocycles. The average Bonchev–Trinajstić information content (AvgIpc) is 2.45. The molecule has 2 atom stereocenters. The molecule has 1 aromatic rings. The van der Waals surface area contributed by atoms with E-state index in [0.29, 0.717) is 6.04 Å². The predicted molar refractivity (Wildman–Crippen MR) is 73.0 cm³/mol. The van der Waals surface area contributed by atoms with Gasteiger partial charge in [0.2, 0.25) is 0 Å². The Morgan fingerprint density at radius 1 is 1.33 bits per heavy atom. The first-order chi connectivity index (χ1) is 8.83. The zero-order valence-corrected chi connectivity index (χ0v) is 11.3. The van der Waals surface area contributed by atoms with Gasteiger partial charge in [0.25, 0.3) is 0 Å². The molecular weight excluding hydrogens is 226 g/mol. The fourth-order valence-corrected chi connectivity index (χ4v) is 2.38. The van der Waals surface area contributed by atoms with Gasteiger partial charge in [0.05, 0.1) is 13.2 Å². The molecule has 0 aliphatic carbocycles. The van der Waals surface area contributed by atoms with Crippen LogP contribution in [0.25, 0.3) is 0 Å². The predicted octanol–water partition coefficient (Wildman–Crippen LogP) is 2.91. The van der Waals surface area contributed by atoms with Crippen molar-refractivity contribution in [1.82, 2.24) is 5.32 Å². The summed E-state index contributed by atoms with van der Waals surface area (Å²) in [6.45, 7) is 4.14. The topological polar surface area (TPSA) is 30.5 Å². The van der Waals surface area contributed by atoms with E-state index in [1.54, 1.807) is 7.11 Å². The molecule has 1 saturated heterocycles. The molecule has 0 radical (unpaired) electrons. The average molecular weight is 249 g/mol. The Morgan fingerprint density at radius 3 is 2.78 bits per heavy atom. The Morgan fingerprint density at radius 2 is 2.11 bits per heavy atom. The maximum absolute atomic E-state index is 5.87. The van der Waals surface area contributed by atoms with Gasteiger partial charge in [0.1, 0.15) is 5.75 Å². The summed E-state index contributed by atoms with van der Waals surface area (Å²) in [7, 11) is 1.69. The van der Waals surface area contributed by atoms with Crippen molar-refractivity contribution in [2.45, 2.75) is 38.3 Å². The lowest BCUT2D eigenvalue weighted by atomic mass is 9.97. The van der Waals surface area contributed by atoms with E-state index in [1.165, 1.54) is 12.0 Å². The van der Waals surface area contributed by atoms with Crippen molar-refractivity contribution in [2.24, 2.45) is 0 Å². The number of rotatable bonds is 5. The van der Waals surface area contributed by atoms with Crippen LogP contribution >= 0.6 is 0 Å². The third-order valence-electron chi connectivity index (χ3n) is 3.45. The van der Waals surface area contributed by atoms with Gasteiger partial charge in [0.15, 0.2) is 0 Å². The molecule has 2 unspecified atom stereocenters. The highest BCUT2D eigenvalue weighted by Crippen LogP contribution is 2.29. The Bertz CT molecular complexity index is 350. The second-order valence-electron chi connectivity index (χ2n) is 4.81. The summed E-state index contributed by atoms with van der Waals surface area (Å²) in [5.74, 6) is 0.898. The van der Waals surface area contributed by atoms with E-state index < -0.39 is 0 Å². The standard InChI is InChI=1S/C15H23NO2/c1-3-9-16-13-8-10-18-15(11-13)12-4-6-14(17-2)7-5-12/h4-7,13,15-16H,3,8-11H2,1-2H3. The largest absolute Gasteiger partial charge is 0.497 e. The van der Waals surface area contributed by atoms with Crippen LogP contribution in [0.4, 0.5) is 0 Å². The maximum atomic E-state index is 5.87. The molecule has 2 rings (SSSR count). The number of benzene rings is 1. The SMILES string of the molecule is CCCNC1CCOC(c2ccc(OC)cc2)C1. The first-order valence-corrected chi connectivity index (χ1v) is 6.82. The smallest absolute Gasteiger partial charge is 0.118 e. The molecule has 1 aliphatic rings. The van der Waals surface area contributed by atoms with Gasteiger partial charge >= 0.3 is 0 Å². The molecule has 0 amide bonds. The second-order valence-corrected chi connectivity index (χ2v) is 4.81. The Balaban J connectivity index is 1.94. The molecule has 1 fully saturated rings. The minimum absolute atomic E-state index is 0.221. The van der Waals surface area contributed by atoms with Crippen LogP contribution in [-0.4, -0.2) is 26.3 Å². The van der Waals surface area contributed by atoms with Gasteiger partial charge in [-0.1, -0.05) is 19.1 Å². The number of ether oxygens (including phenoxy) is 2. The van der Waals surface area contributed by atoms with Gasteiger partial charge in [-0.05, 0) is 43.5 Å². The van der Waals surface area contributed by atoms with Gasteiger partial charge in [-0.2, -0.15) is 0 Å². The van der Waals surface area contributed by atoms with Crippen molar-refractivity contribution in [3.63, 3.8) is 0 Å². The Hall–Kier alpha value is -1.06. The van der Waals surface area contributed by atoms with Crippen LogP contribution in [0.3, 0.4) is 0 Å². The molecule has 0 spiro atoms. The monoisotopic (exact) mass is 249 g/mol. The molecule has 18 heavy (non-hydrogen) atoms. The van der Waals surface area contributed by atoms with Crippen LogP contribution in [0.1, 0.15) is 37.9 Å². The second kappa shape index (κ2) is 6.76. The van der Waals surface area contributed by atoms with Crippen molar-refractivity contribution in [3.05, 3.63) is 29.8 Å². The van der Waals surface area contributed by atoms with Gasteiger partial charge in [-0.15, -0.1) is 0 Å². The Kier molecular flexibility index (Phi) is 5.02. The van der Waals surface area contributed by atoms with E-state index >= 15 is 0 Å². The number of hydrogen-bond donors (Lipinski definition) is 1. The molecule has 3 heteroatoms. The normalized spacial score (nSPS) is 23.9. The van der Waals surface area contributed by atoms with Crippen molar-refractivity contribution >= 4 is 0 Å². The fraction of sp³-hybridized carbons (Fsp3) is 0.600. The summed E-state index contributed by atoms with van der Waals surface area (Å²) in [5.41, 5.74) is 1.25. The summed E-state index contributed by atoms with van der Waals surface area (Å²) in [6, 6.07) is 8.80. The number of hydrogen-bond acceptors (Lipinski definition) is 3. The van der Waals surface area contributed by atoms with Crippen LogP contribution in [0.2, 0.25) is 0 Å². The third kappa shape index (κ3) is 3.47. The molecule has 1 heterocycles. The summed E-state index contributed by atoms with van der Waals surface area (Å²) < 4.78 is 11.0. The van der Waals surface area contributed by atoms with Crippen molar-refractivity contribution < 1.29 is 9.47 Å². The van der Waals surface area contributed by atoms with Crippen molar-refractivity contribution in [3.8, 4) is 5.75 Å². The van der Waals surface area contributed by atoms with E-state index in [1.807, 2.05) is 12.1 Å². The minimum Gasteiger partial charge on any atom is -0.497 e. The molecule has 3 nitrogen and oxygen atoms in total. The van der Waals surface area contributed by atoms with Crippen molar-refractivity contribution in [2.75, 3.05) is 20.3 Å². The highest BCUT2D eigenvalue weighted by atomic mass is 16.5. The van der Waals surface area contributed by atoms with E-state index in [0.717, 1.165) is 31.7 Å². The third-order valence-corrected chi connectivity index (χ3v) is 3.45. The molecule has 1 aliphatic heterocycles. The molecule has 1 N–H and O–H groups in total.